The van der Waals surface area contributed by atoms with Gasteiger partial charge in [-0.2, -0.15) is 0 Å². The monoisotopic (exact) mass is 330 g/mol. The van der Waals surface area contributed by atoms with E-state index in [-0.39, 0.29) is 5.75 Å². The van der Waals surface area contributed by atoms with Crippen molar-refractivity contribution in [3.63, 3.8) is 0 Å². The van der Waals surface area contributed by atoms with Crippen molar-refractivity contribution in [2.24, 2.45) is 0 Å². The number of hydrogen-bond donors (Lipinski definition) is 1. The SMILES string of the molecule is Cc1cnc(SCC(O)c2ccc(OC(F)(F)F)cc2)nc1. The van der Waals surface area contributed by atoms with Gasteiger partial charge in [0.15, 0.2) is 5.16 Å². The minimum atomic E-state index is -4.72. The number of rotatable bonds is 5. The Hall–Kier alpha value is -1.80. The number of thioether (sulfide) groups is 1. The summed E-state index contributed by atoms with van der Waals surface area (Å²) in [5.74, 6) is -0.0271. The first-order valence-electron chi connectivity index (χ1n) is 6.29. The maximum atomic E-state index is 12.0. The number of ether oxygens (including phenoxy) is 1. The Kier molecular flexibility index (Phi) is 5.25. The molecule has 4 nitrogen and oxygen atoms in total. The maximum absolute atomic E-state index is 12.0. The molecular weight excluding hydrogens is 317 g/mol. The Bertz CT molecular complexity index is 603. The third-order valence-electron chi connectivity index (χ3n) is 2.63. The van der Waals surface area contributed by atoms with Gasteiger partial charge in [-0.25, -0.2) is 9.97 Å². The summed E-state index contributed by atoms with van der Waals surface area (Å²) in [6.45, 7) is 1.87. The fourth-order valence-corrected chi connectivity index (χ4v) is 2.35. The molecule has 1 heterocycles. The lowest BCUT2D eigenvalue weighted by Gasteiger charge is -2.12. The minimum absolute atomic E-state index is 0.294. The zero-order chi connectivity index (χ0) is 16.2. The molecule has 0 radical (unpaired) electrons. The molecule has 2 aromatic rings. The van der Waals surface area contributed by atoms with Crippen molar-refractivity contribution in [1.29, 1.82) is 0 Å². The van der Waals surface area contributed by atoms with E-state index in [9.17, 15) is 18.3 Å². The summed E-state index contributed by atoms with van der Waals surface area (Å²) in [5.41, 5.74) is 1.43. The average molecular weight is 330 g/mol. The van der Waals surface area contributed by atoms with Crippen LogP contribution in [-0.2, 0) is 0 Å². The molecule has 22 heavy (non-hydrogen) atoms. The van der Waals surface area contributed by atoms with Crippen LogP contribution < -0.4 is 4.74 Å². The molecule has 1 aromatic heterocycles. The van der Waals surface area contributed by atoms with Gasteiger partial charge in [-0.05, 0) is 30.2 Å². The summed E-state index contributed by atoms with van der Waals surface area (Å²) in [4.78, 5) is 8.19. The summed E-state index contributed by atoms with van der Waals surface area (Å²) < 4.78 is 39.9. The highest BCUT2D eigenvalue weighted by Crippen LogP contribution is 2.26. The van der Waals surface area contributed by atoms with Crippen LogP contribution in [0.3, 0.4) is 0 Å². The highest BCUT2D eigenvalue weighted by Gasteiger charge is 2.31. The van der Waals surface area contributed by atoms with E-state index < -0.39 is 12.5 Å². The molecule has 0 saturated carbocycles. The molecule has 0 spiro atoms. The number of aliphatic hydroxyl groups excluding tert-OH is 1. The second kappa shape index (κ2) is 6.97. The van der Waals surface area contributed by atoms with Crippen LogP contribution in [0.2, 0.25) is 0 Å². The first-order chi connectivity index (χ1) is 10.3. The topological polar surface area (TPSA) is 55.2 Å². The fraction of sp³-hybridized carbons (Fsp3) is 0.286. The summed E-state index contributed by atoms with van der Waals surface area (Å²) in [6, 6.07) is 5.11. The third-order valence-corrected chi connectivity index (χ3v) is 3.58. The van der Waals surface area contributed by atoms with Crippen LogP contribution in [0, 0.1) is 6.92 Å². The first kappa shape index (κ1) is 16.6. The molecular formula is C14H13F3N2O2S. The van der Waals surface area contributed by atoms with E-state index in [1.54, 1.807) is 12.4 Å². The van der Waals surface area contributed by atoms with Gasteiger partial charge in [-0.3, -0.25) is 0 Å². The van der Waals surface area contributed by atoms with Crippen LogP contribution in [0.25, 0.3) is 0 Å². The van der Waals surface area contributed by atoms with Gasteiger partial charge >= 0.3 is 6.36 Å². The molecule has 0 bridgehead atoms. The second-order valence-electron chi connectivity index (χ2n) is 4.49. The fourth-order valence-electron chi connectivity index (χ4n) is 1.60. The second-order valence-corrected chi connectivity index (χ2v) is 5.47. The van der Waals surface area contributed by atoms with E-state index in [4.69, 9.17) is 0 Å². The van der Waals surface area contributed by atoms with Crippen LogP contribution in [0.15, 0.2) is 41.8 Å². The summed E-state index contributed by atoms with van der Waals surface area (Å²) in [6.07, 6.45) is -2.22. The zero-order valence-corrected chi connectivity index (χ0v) is 12.4. The van der Waals surface area contributed by atoms with Gasteiger partial charge in [-0.15, -0.1) is 13.2 Å². The number of aliphatic hydroxyl groups is 1. The van der Waals surface area contributed by atoms with Crippen molar-refractivity contribution in [2.45, 2.75) is 24.5 Å². The first-order valence-corrected chi connectivity index (χ1v) is 7.27. The van der Waals surface area contributed by atoms with E-state index in [0.717, 1.165) is 5.56 Å². The number of nitrogens with zero attached hydrogens (tertiary/aromatic N) is 2. The average Bonchev–Trinajstić information content (AvgIpc) is 2.45. The van der Waals surface area contributed by atoms with Gasteiger partial charge in [0.05, 0.1) is 6.10 Å². The van der Waals surface area contributed by atoms with E-state index >= 15 is 0 Å². The Balaban J connectivity index is 1.92. The smallest absolute Gasteiger partial charge is 0.406 e. The number of aromatic nitrogens is 2. The van der Waals surface area contributed by atoms with E-state index in [2.05, 4.69) is 14.7 Å². The number of benzene rings is 1. The molecule has 8 heteroatoms. The molecule has 118 valence electrons. The Morgan fingerprint density at radius 1 is 1.18 bits per heavy atom. The van der Waals surface area contributed by atoms with Gasteiger partial charge in [0.2, 0.25) is 0 Å². The largest absolute Gasteiger partial charge is 0.573 e. The molecule has 0 fully saturated rings. The molecule has 2 rings (SSSR count). The van der Waals surface area contributed by atoms with Gasteiger partial charge in [0.1, 0.15) is 5.75 Å². The number of halogens is 3. The van der Waals surface area contributed by atoms with Crippen molar-refractivity contribution in [2.75, 3.05) is 5.75 Å². The summed E-state index contributed by atoms with van der Waals surface area (Å²) in [5, 5.41) is 10.5. The molecule has 0 aliphatic heterocycles. The standard InChI is InChI=1S/C14H13F3N2O2S/c1-9-6-18-13(19-7-9)22-8-12(20)10-2-4-11(5-3-10)21-14(15,16)17/h2-7,12,20H,8H2,1H3. The normalized spacial score (nSPS) is 13.0. The van der Waals surface area contributed by atoms with Crippen LogP contribution >= 0.6 is 11.8 Å². The maximum Gasteiger partial charge on any atom is 0.573 e. The molecule has 0 saturated heterocycles. The third kappa shape index (κ3) is 5.19. The molecule has 1 aromatic carbocycles. The van der Waals surface area contributed by atoms with Gasteiger partial charge in [-0.1, -0.05) is 23.9 Å². The number of aryl methyl sites for hydroxylation is 1. The molecule has 0 aliphatic rings. The predicted octanol–water partition coefficient (Wildman–Crippen LogP) is 3.51. The van der Waals surface area contributed by atoms with Crippen molar-refractivity contribution < 1.29 is 23.0 Å². The van der Waals surface area contributed by atoms with Gasteiger partial charge in [0, 0.05) is 18.1 Å². The highest BCUT2D eigenvalue weighted by molar-refractivity contribution is 7.99. The molecule has 1 N–H and O–H groups in total. The van der Waals surface area contributed by atoms with Crippen LogP contribution in [0.5, 0.6) is 5.75 Å². The van der Waals surface area contributed by atoms with Gasteiger partial charge < -0.3 is 9.84 Å². The van der Waals surface area contributed by atoms with E-state index in [1.807, 2.05) is 6.92 Å². The summed E-state index contributed by atoms with van der Waals surface area (Å²) >= 11 is 1.26. The predicted molar refractivity (Wildman–Crippen MR) is 75.6 cm³/mol. The number of hydrogen-bond acceptors (Lipinski definition) is 5. The van der Waals surface area contributed by atoms with Crippen LogP contribution in [-0.4, -0.2) is 27.2 Å². The van der Waals surface area contributed by atoms with Crippen LogP contribution in [0.4, 0.5) is 13.2 Å². The lowest BCUT2D eigenvalue weighted by atomic mass is 10.1. The van der Waals surface area contributed by atoms with Crippen molar-refractivity contribution >= 4 is 11.8 Å². The van der Waals surface area contributed by atoms with Gasteiger partial charge in [0.25, 0.3) is 0 Å². The lowest BCUT2D eigenvalue weighted by molar-refractivity contribution is -0.274. The lowest BCUT2D eigenvalue weighted by Crippen LogP contribution is -2.17. The molecule has 1 unspecified atom stereocenters. The molecule has 0 amide bonds. The molecule has 0 aliphatic carbocycles. The Morgan fingerprint density at radius 3 is 2.32 bits per heavy atom. The minimum Gasteiger partial charge on any atom is -0.406 e. The van der Waals surface area contributed by atoms with E-state index in [1.165, 1.54) is 36.0 Å². The zero-order valence-electron chi connectivity index (χ0n) is 11.5. The van der Waals surface area contributed by atoms with Crippen molar-refractivity contribution in [1.82, 2.24) is 9.97 Å². The highest BCUT2D eigenvalue weighted by atomic mass is 32.2. The van der Waals surface area contributed by atoms with Crippen molar-refractivity contribution in [3.8, 4) is 5.75 Å². The van der Waals surface area contributed by atoms with Crippen LogP contribution in [0.1, 0.15) is 17.2 Å². The van der Waals surface area contributed by atoms with Crippen molar-refractivity contribution in [3.05, 3.63) is 47.8 Å². The number of alkyl halides is 3. The Labute approximate surface area is 129 Å². The quantitative estimate of drug-likeness (QED) is 0.672. The molecule has 1 atom stereocenters. The van der Waals surface area contributed by atoms with E-state index in [0.29, 0.717) is 16.5 Å². The summed E-state index contributed by atoms with van der Waals surface area (Å²) in [7, 11) is 0. The Morgan fingerprint density at radius 2 is 1.77 bits per heavy atom.